The molecule has 0 unspecified atom stereocenters. The Bertz CT molecular complexity index is 979. The summed E-state index contributed by atoms with van der Waals surface area (Å²) in [5, 5.41) is 10.1. The van der Waals surface area contributed by atoms with E-state index in [9.17, 15) is 4.79 Å². The van der Waals surface area contributed by atoms with Crippen molar-refractivity contribution in [1.29, 1.82) is 0 Å². The van der Waals surface area contributed by atoms with Gasteiger partial charge in [0.05, 0.1) is 35.5 Å². The number of hydrogen-bond acceptors (Lipinski definition) is 5. The lowest BCUT2D eigenvalue weighted by atomic mass is 9.89. The van der Waals surface area contributed by atoms with E-state index in [0.717, 1.165) is 40.7 Å². The van der Waals surface area contributed by atoms with Crippen molar-refractivity contribution in [2.75, 3.05) is 19.0 Å². The highest BCUT2D eigenvalue weighted by Gasteiger charge is 2.18. The second kappa shape index (κ2) is 8.78. The van der Waals surface area contributed by atoms with Crippen LogP contribution in [0.15, 0.2) is 24.4 Å². The quantitative estimate of drug-likeness (QED) is 0.620. The number of rotatable bonds is 5. The number of fused-ring (bicyclic) bond motifs is 2. The lowest BCUT2D eigenvalue weighted by molar-refractivity contribution is 0.0601. The van der Waals surface area contributed by atoms with Gasteiger partial charge < -0.3 is 10.1 Å². The van der Waals surface area contributed by atoms with Crippen LogP contribution >= 0.6 is 12.4 Å². The zero-order valence-corrected chi connectivity index (χ0v) is 17.2. The Kier molecular flexibility index (Phi) is 6.39. The number of anilines is 1. The molecule has 0 spiro atoms. The zero-order chi connectivity index (χ0) is 18.8. The van der Waals surface area contributed by atoms with Gasteiger partial charge in [0.15, 0.2) is 5.65 Å². The summed E-state index contributed by atoms with van der Waals surface area (Å²) in [6.07, 6.45) is 8.42. The van der Waals surface area contributed by atoms with Gasteiger partial charge in [0.1, 0.15) is 0 Å². The fourth-order valence-electron chi connectivity index (χ4n) is 4.07. The van der Waals surface area contributed by atoms with E-state index in [1.165, 1.54) is 39.2 Å². The minimum Gasteiger partial charge on any atom is -0.465 e. The highest BCUT2D eigenvalue weighted by Crippen LogP contribution is 2.33. The molecule has 4 rings (SSSR count). The minimum atomic E-state index is -0.334. The Morgan fingerprint density at radius 3 is 2.75 bits per heavy atom. The van der Waals surface area contributed by atoms with Crippen LogP contribution in [0, 0.1) is 5.92 Å². The van der Waals surface area contributed by atoms with Gasteiger partial charge in [0.25, 0.3) is 0 Å². The number of ether oxygens (including phenoxy) is 1. The second-order valence-corrected chi connectivity index (χ2v) is 7.29. The Balaban J connectivity index is 0.00000225. The SMILES string of the molecule is CCn1ncc2c(NCC3CCCCC3)c3cc(C(=O)OC)ccc3nc21.Cl. The fraction of sp³-hybridized carbons (Fsp3) is 0.476. The molecule has 1 fully saturated rings. The normalized spacial score (nSPS) is 14.8. The van der Waals surface area contributed by atoms with E-state index >= 15 is 0 Å². The summed E-state index contributed by atoms with van der Waals surface area (Å²) >= 11 is 0. The van der Waals surface area contributed by atoms with Crippen LogP contribution in [0.25, 0.3) is 21.9 Å². The first-order chi connectivity index (χ1) is 13.2. The van der Waals surface area contributed by atoms with Crippen LogP contribution in [-0.4, -0.2) is 34.4 Å². The molecular formula is C21H27ClN4O2. The largest absolute Gasteiger partial charge is 0.465 e. The molecule has 1 N–H and O–H groups in total. The van der Waals surface area contributed by atoms with Crippen LogP contribution in [0.1, 0.15) is 49.4 Å². The highest BCUT2D eigenvalue weighted by atomic mass is 35.5. The molecule has 1 aliphatic carbocycles. The van der Waals surface area contributed by atoms with Gasteiger partial charge in [-0.2, -0.15) is 5.10 Å². The average Bonchev–Trinajstić information content (AvgIpc) is 3.13. The van der Waals surface area contributed by atoms with Crippen LogP contribution in [0.5, 0.6) is 0 Å². The van der Waals surface area contributed by atoms with Crippen molar-refractivity contribution >= 4 is 46.0 Å². The third kappa shape index (κ3) is 3.78. The van der Waals surface area contributed by atoms with Gasteiger partial charge in [-0.05, 0) is 43.9 Å². The molecule has 0 atom stereocenters. The van der Waals surface area contributed by atoms with Crippen LogP contribution in [0.2, 0.25) is 0 Å². The van der Waals surface area contributed by atoms with Crippen LogP contribution in [0.3, 0.4) is 0 Å². The van der Waals surface area contributed by atoms with E-state index in [4.69, 9.17) is 9.72 Å². The molecule has 1 saturated carbocycles. The van der Waals surface area contributed by atoms with E-state index < -0.39 is 0 Å². The summed E-state index contributed by atoms with van der Waals surface area (Å²) in [7, 11) is 1.40. The predicted molar refractivity (Wildman–Crippen MR) is 114 cm³/mol. The minimum absolute atomic E-state index is 0. The Morgan fingerprint density at radius 2 is 2.04 bits per heavy atom. The van der Waals surface area contributed by atoms with Crippen molar-refractivity contribution in [1.82, 2.24) is 14.8 Å². The Hall–Kier alpha value is -2.34. The molecule has 3 aromatic rings. The van der Waals surface area contributed by atoms with Gasteiger partial charge in [-0.3, -0.25) is 0 Å². The van der Waals surface area contributed by atoms with Gasteiger partial charge in [-0.15, -0.1) is 12.4 Å². The highest BCUT2D eigenvalue weighted by molar-refractivity contribution is 6.08. The molecule has 1 aromatic carbocycles. The lowest BCUT2D eigenvalue weighted by Gasteiger charge is -2.23. The first-order valence-electron chi connectivity index (χ1n) is 9.82. The summed E-state index contributed by atoms with van der Waals surface area (Å²) in [4.78, 5) is 16.8. The van der Waals surface area contributed by atoms with Crippen LogP contribution in [-0.2, 0) is 11.3 Å². The van der Waals surface area contributed by atoms with Crippen molar-refractivity contribution in [3.8, 4) is 0 Å². The maximum Gasteiger partial charge on any atom is 0.337 e. The number of nitrogens with one attached hydrogen (secondary N) is 1. The molecule has 6 nitrogen and oxygen atoms in total. The Labute approximate surface area is 171 Å². The summed E-state index contributed by atoms with van der Waals surface area (Å²) in [6.45, 7) is 3.77. The number of carbonyl (C=O) groups is 1. The molecule has 0 bridgehead atoms. The second-order valence-electron chi connectivity index (χ2n) is 7.29. The van der Waals surface area contributed by atoms with Crippen LogP contribution in [0.4, 0.5) is 5.69 Å². The number of esters is 1. The molecule has 0 saturated heterocycles. The lowest BCUT2D eigenvalue weighted by Crippen LogP contribution is -2.17. The summed E-state index contributed by atoms with van der Waals surface area (Å²) in [6, 6.07) is 5.53. The van der Waals surface area contributed by atoms with Gasteiger partial charge in [-0.1, -0.05) is 19.3 Å². The number of aromatic nitrogens is 3. The van der Waals surface area contributed by atoms with E-state index in [2.05, 4.69) is 17.3 Å². The van der Waals surface area contributed by atoms with Crippen molar-refractivity contribution in [3.63, 3.8) is 0 Å². The van der Waals surface area contributed by atoms with E-state index in [-0.39, 0.29) is 18.4 Å². The number of pyridine rings is 1. The maximum atomic E-state index is 12.0. The molecular weight excluding hydrogens is 376 g/mol. The van der Waals surface area contributed by atoms with Crippen LogP contribution < -0.4 is 5.32 Å². The van der Waals surface area contributed by atoms with E-state index in [0.29, 0.717) is 11.5 Å². The van der Waals surface area contributed by atoms with E-state index in [1.54, 1.807) is 6.07 Å². The molecule has 28 heavy (non-hydrogen) atoms. The summed E-state index contributed by atoms with van der Waals surface area (Å²) < 4.78 is 6.80. The molecule has 2 aromatic heterocycles. The standard InChI is InChI=1S/C21H26N4O2.ClH/c1-3-25-20-17(13-23-25)19(22-12-14-7-5-4-6-8-14)16-11-15(21(26)27-2)9-10-18(16)24-20;/h9-11,13-14H,3-8,12H2,1-2H3,(H,22,24);1H. The monoisotopic (exact) mass is 402 g/mol. The first-order valence-corrected chi connectivity index (χ1v) is 9.82. The summed E-state index contributed by atoms with van der Waals surface area (Å²) in [5.74, 6) is 0.363. The molecule has 150 valence electrons. The fourth-order valence-corrected chi connectivity index (χ4v) is 4.07. The van der Waals surface area contributed by atoms with Crippen molar-refractivity contribution < 1.29 is 9.53 Å². The molecule has 1 aliphatic rings. The predicted octanol–water partition coefficient (Wildman–Crippen LogP) is 4.81. The average molecular weight is 403 g/mol. The molecule has 2 heterocycles. The van der Waals surface area contributed by atoms with Gasteiger partial charge in [0.2, 0.25) is 0 Å². The number of benzene rings is 1. The maximum absolute atomic E-state index is 12.0. The van der Waals surface area contributed by atoms with Gasteiger partial charge in [0, 0.05) is 18.5 Å². The number of methoxy groups -OCH3 is 1. The van der Waals surface area contributed by atoms with Crippen molar-refractivity contribution in [3.05, 3.63) is 30.0 Å². The number of hydrogen-bond donors (Lipinski definition) is 1. The molecule has 0 aliphatic heterocycles. The summed E-state index contributed by atoms with van der Waals surface area (Å²) in [5.41, 5.74) is 3.29. The first kappa shape index (κ1) is 20.4. The topological polar surface area (TPSA) is 69.0 Å². The van der Waals surface area contributed by atoms with Gasteiger partial charge >= 0.3 is 5.97 Å². The third-order valence-corrected chi connectivity index (χ3v) is 5.59. The Morgan fingerprint density at radius 1 is 1.25 bits per heavy atom. The number of aryl methyl sites for hydroxylation is 1. The third-order valence-electron chi connectivity index (χ3n) is 5.59. The molecule has 0 amide bonds. The van der Waals surface area contributed by atoms with E-state index in [1.807, 2.05) is 23.0 Å². The number of carbonyl (C=O) groups excluding carboxylic acids is 1. The smallest absolute Gasteiger partial charge is 0.337 e. The zero-order valence-electron chi connectivity index (χ0n) is 16.4. The number of halogens is 1. The number of nitrogens with zero attached hydrogens (tertiary/aromatic N) is 3. The molecule has 7 heteroatoms. The van der Waals surface area contributed by atoms with Crippen molar-refractivity contribution in [2.24, 2.45) is 5.92 Å². The van der Waals surface area contributed by atoms with Gasteiger partial charge in [-0.25, -0.2) is 14.5 Å². The van der Waals surface area contributed by atoms with Crippen molar-refractivity contribution in [2.45, 2.75) is 45.6 Å². The molecule has 0 radical (unpaired) electrons.